The Morgan fingerprint density at radius 3 is 2.91 bits per heavy atom. The molecule has 7 heteroatoms. The van der Waals surface area contributed by atoms with Gasteiger partial charge in [0.1, 0.15) is 5.82 Å². The number of hydrogen-bond acceptors (Lipinski definition) is 3. The van der Waals surface area contributed by atoms with Crippen LogP contribution < -0.4 is 10.2 Å². The molecule has 0 saturated carbocycles. The third-order valence-electron chi connectivity index (χ3n) is 4.56. The zero-order chi connectivity index (χ0) is 16.0. The second-order valence-corrected chi connectivity index (χ2v) is 6.37. The lowest BCUT2D eigenvalue weighted by atomic mass is 9.75. The normalized spacial score (nSPS) is 29.4. The average molecular weight is 313 g/mol. The molecular formula is C15H18F3N3O. The molecule has 1 spiro atoms. The van der Waals surface area contributed by atoms with Crippen molar-refractivity contribution in [2.45, 2.75) is 38.4 Å². The van der Waals surface area contributed by atoms with E-state index in [2.05, 4.69) is 17.2 Å². The molecule has 3 heterocycles. The second-order valence-electron chi connectivity index (χ2n) is 6.37. The van der Waals surface area contributed by atoms with Crippen LogP contribution in [-0.4, -0.2) is 30.0 Å². The molecule has 2 aliphatic rings. The van der Waals surface area contributed by atoms with Crippen molar-refractivity contribution in [3.8, 4) is 0 Å². The van der Waals surface area contributed by atoms with Crippen LogP contribution in [-0.2, 0) is 11.0 Å². The van der Waals surface area contributed by atoms with Crippen LogP contribution in [0.3, 0.4) is 0 Å². The number of aromatic nitrogens is 1. The van der Waals surface area contributed by atoms with Crippen molar-refractivity contribution in [2.75, 3.05) is 18.0 Å². The predicted molar refractivity (Wildman–Crippen MR) is 75.3 cm³/mol. The maximum absolute atomic E-state index is 12.8. The van der Waals surface area contributed by atoms with Gasteiger partial charge in [0.2, 0.25) is 5.91 Å². The molecule has 120 valence electrons. The maximum atomic E-state index is 12.8. The zero-order valence-corrected chi connectivity index (χ0v) is 12.3. The van der Waals surface area contributed by atoms with E-state index >= 15 is 0 Å². The minimum Gasteiger partial charge on any atom is -0.314 e. The van der Waals surface area contributed by atoms with E-state index in [1.165, 1.54) is 4.90 Å². The van der Waals surface area contributed by atoms with Gasteiger partial charge in [0, 0.05) is 25.2 Å². The van der Waals surface area contributed by atoms with E-state index in [-0.39, 0.29) is 17.1 Å². The highest BCUT2D eigenvalue weighted by atomic mass is 19.4. The number of carbonyl (C=O) groups excluding carboxylic acids is 1. The van der Waals surface area contributed by atoms with Crippen molar-refractivity contribution < 1.29 is 18.0 Å². The van der Waals surface area contributed by atoms with E-state index in [9.17, 15) is 18.0 Å². The Kier molecular flexibility index (Phi) is 3.63. The highest BCUT2D eigenvalue weighted by molar-refractivity contribution is 5.95. The van der Waals surface area contributed by atoms with Gasteiger partial charge in [-0.15, -0.1) is 0 Å². The molecule has 3 rings (SSSR count). The predicted octanol–water partition coefficient (Wildman–Crippen LogP) is 2.60. The monoisotopic (exact) mass is 313 g/mol. The van der Waals surface area contributed by atoms with Gasteiger partial charge < -0.3 is 5.32 Å². The largest absolute Gasteiger partial charge is 0.416 e. The molecule has 22 heavy (non-hydrogen) atoms. The third-order valence-corrected chi connectivity index (χ3v) is 4.56. The van der Waals surface area contributed by atoms with Crippen molar-refractivity contribution in [3.05, 3.63) is 23.9 Å². The summed E-state index contributed by atoms with van der Waals surface area (Å²) < 4.78 is 38.4. The lowest BCUT2D eigenvalue weighted by Crippen LogP contribution is -2.43. The SMILES string of the molecule is CC1CC2(CCN1)CC(=O)N(c1cc(C(F)(F)F)ccn1)C2. The van der Waals surface area contributed by atoms with Gasteiger partial charge in [-0.2, -0.15) is 13.2 Å². The minimum atomic E-state index is -4.43. The molecule has 1 N–H and O–H groups in total. The second kappa shape index (κ2) is 5.22. The summed E-state index contributed by atoms with van der Waals surface area (Å²) in [5, 5.41) is 3.34. The first-order valence-electron chi connectivity index (χ1n) is 7.36. The average Bonchev–Trinajstić information content (AvgIpc) is 2.74. The third kappa shape index (κ3) is 2.82. The quantitative estimate of drug-likeness (QED) is 0.867. The van der Waals surface area contributed by atoms with E-state index in [1.807, 2.05) is 0 Å². The topological polar surface area (TPSA) is 45.2 Å². The lowest BCUT2D eigenvalue weighted by molar-refractivity contribution is -0.137. The number of anilines is 1. The number of nitrogens with one attached hydrogen (secondary N) is 1. The Morgan fingerprint density at radius 2 is 2.23 bits per heavy atom. The summed E-state index contributed by atoms with van der Waals surface area (Å²) in [4.78, 5) is 17.7. The fourth-order valence-electron chi connectivity index (χ4n) is 3.56. The summed E-state index contributed by atoms with van der Waals surface area (Å²) in [5.41, 5.74) is -0.914. The van der Waals surface area contributed by atoms with Gasteiger partial charge in [0.25, 0.3) is 0 Å². The van der Waals surface area contributed by atoms with E-state index in [0.29, 0.717) is 19.0 Å². The van der Waals surface area contributed by atoms with Crippen molar-refractivity contribution in [1.29, 1.82) is 0 Å². The molecule has 2 aliphatic heterocycles. The molecule has 0 bridgehead atoms. The number of halogens is 3. The number of piperidine rings is 1. The highest BCUT2D eigenvalue weighted by Gasteiger charge is 2.46. The van der Waals surface area contributed by atoms with Gasteiger partial charge in [-0.1, -0.05) is 0 Å². The molecule has 1 aromatic heterocycles. The number of amides is 1. The molecule has 2 atom stereocenters. The van der Waals surface area contributed by atoms with Crippen LogP contribution in [0.4, 0.5) is 19.0 Å². The van der Waals surface area contributed by atoms with Crippen LogP contribution in [0.2, 0.25) is 0 Å². The summed E-state index contributed by atoms with van der Waals surface area (Å²) in [7, 11) is 0. The van der Waals surface area contributed by atoms with Gasteiger partial charge in [-0.3, -0.25) is 9.69 Å². The first-order chi connectivity index (χ1) is 10.3. The molecular weight excluding hydrogens is 295 g/mol. The summed E-state index contributed by atoms with van der Waals surface area (Å²) in [6.07, 6.45) is -1.22. The van der Waals surface area contributed by atoms with Gasteiger partial charge in [-0.25, -0.2) is 4.98 Å². The number of hydrogen-bond donors (Lipinski definition) is 1. The van der Waals surface area contributed by atoms with Gasteiger partial charge in [-0.05, 0) is 43.9 Å². The Labute approximate surface area is 126 Å². The van der Waals surface area contributed by atoms with Gasteiger partial charge in [0.05, 0.1) is 5.56 Å². The van der Waals surface area contributed by atoms with Crippen molar-refractivity contribution >= 4 is 11.7 Å². The molecule has 2 fully saturated rings. The van der Waals surface area contributed by atoms with Crippen LogP contribution >= 0.6 is 0 Å². The van der Waals surface area contributed by atoms with E-state index < -0.39 is 11.7 Å². The summed E-state index contributed by atoms with van der Waals surface area (Å²) in [6, 6.07) is 2.20. The number of rotatable bonds is 1. The van der Waals surface area contributed by atoms with Crippen molar-refractivity contribution in [3.63, 3.8) is 0 Å². The maximum Gasteiger partial charge on any atom is 0.416 e. The fraction of sp³-hybridized carbons (Fsp3) is 0.600. The first-order valence-corrected chi connectivity index (χ1v) is 7.36. The van der Waals surface area contributed by atoms with Crippen LogP contribution in [0, 0.1) is 5.41 Å². The first kappa shape index (κ1) is 15.3. The molecule has 1 aromatic rings. The summed E-state index contributed by atoms with van der Waals surface area (Å²) in [6.45, 7) is 3.35. The lowest BCUT2D eigenvalue weighted by Gasteiger charge is -2.36. The van der Waals surface area contributed by atoms with Crippen LogP contribution in [0.15, 0.2) is 18.3 Å². The minimum absolute atomic E-state index is 0.0999. The Morgan fingerprint density at radius 1 is 1.45 bits per heavy atom. The van der Waals surface area contributed by atoms with Crippen molar-refractivity contribution in [1.82, 2.24) is 10.3 Å². The summed E-state index contributed by atoms with van der Waals surface area (Å²) >= 11 is 0. The van der Waals surface area contributed by atoms with E-state index in [1.54, 1.807) is 0 Å². The number of pyridine rings is 1. The van der Waals surface area contributed by atoms with Crippen LogP contribution in [0.1, 0.15) is 31.7 Å². The standard InChI is InChI=1S/C15H18F3N3O/c1-10-7-14(3-5-19-10)8-13(22)21(9-14)12-6-11(2-4-20-12)15(16,17)18/h2,4,6,10,19H,3,5,7-9H2,1H3. The molecule has 0 aliphatic carbocycles. The van der Waals surface area contributed by atoms with Crippen LogP contribution in [0.5, 0.6) is 0 Å². The van der Waals surface area contributed by atoms with E-state index in [0.717, 1.165) is 37.7 Å². The Bertz CT molecular complexity index is 590. The molecule has 2 saturated heterocycles. The molecule has 4 nitrogen and oxygen atoms in total. The molecule has 1 amide bonds. The Hall–Kier alpha value is -1.63. The highest BCUT2D eigenvalue weighted by Crippen LogP contribution is 2.42. The fourth-order valence-corrected chi connectivity index (χ4v) is 3.56. The zero-order valence-electron chi connectivity index (χ0n) is 12.3. The van der Waals surface area contributed by atoms with E-state index in [4.69, 9.17) is 0 Å². The smallest absolute Gasteiger partial charge is 0.314 e. The molecule has 0 radical (unpaired) electrons. The van der Waals surface area contributed by atoms with Crippen molar-refractivity contribution in [2.24, 2.45) is 5.41 Å². The van der Waals surface area contributed by atoms with Gasteiger partial charge >= 0.3 is 6.18 Å². The molecule has 0 aromatic carbocycles. The van der Waals surface area contributed by atoms with Crippen LogP contribution in [0.25, 0.3) is 0 Å². The van der Waals surface area contributed by atoms with Gasteiger partial charge in [0.15, 0.2) is 0 Å². The number of alkyl halides is 3. The number of nitrogens with zero attached hydrogens (tertiary/aromatic N) is 2. The Balaban J connectivity index is 1.85. The number of carbonyl (C=O) groups is 1. The summed E-state index contributed by atoms with van der Waals surface area (Å²) in [5.74, 6) is -0.0381. The molecule has 2 unspecified atom stereocenters.